The Hall–Kier alpha value is -2.21. The number of hydrogen-bond acceptors (Lipinski definition) is 5. The zero-order valence-corrected chi connectivity index (χ0v) is 15.8. The number of ketones is 1. The summed E-state index contributed by atoms with van der Waals surface area (Å²) < 4.78 is 5.10. The molecule has 0 N–H and O–H groups in total. The maximum Gasteiger partial charge on any atom is 0.222 e. The molecule has 1 saturated heterocycles. The van der Waals surface area contributed by atoms with Gasteiger partial charge in [-0.15, -0.1) is 11.3 Å². The van der Waals surface area contributed by atoms with Crippen LogP contribution in [0.4, 0.5) is 0 Å². The summed E-state index contributed by atoms with van der Waals surface area (Å²) >= 11 is 1.70. The van der Waals surface area contributed by atoms with E-state index in [0.29, 0.717) is 30.7 Å². The third-order valence-electron chi connectivity index (χ3n) is 4.85. The van der Waals surface area contributed by atoms with Crippen LogP contribution in [0.25, 0.3) is 0 Å². The second-order valence-electron chi connectivity index (χ2n) is 6.53. The minimum atomic E-state index is 0.0722. The van der Waals surface area contributed by atoms with Crippen molar-refractivity contribution in [2.75, 3.05) is 20.2 Å². The molecule has 2 heterocycles. The summed E-state index contributed by atoms with van der Waals surface area (Å²) in [6.07, 6.45) is 5.22. The molecule has 1 amide bonds. The fourth-order valence-corrected chi connectivity index (χ4v) is 4.10. The van der Waals surface area contributed by atoms with Crippen LogP contribution in [0.1, 0.15) is 53.4 Å². The maximum absolute atomic E-state index is 12.4. The molecule has 1 aromatic heterocycles. The number of nitrogens with zero attached hydrogens (tertiary/aromatic N) is 2. The van der Waals surface area contributed by atoms with E-state index in [1.807, 2.05) is 16.5 Å². The van der Waals surface area contributed by atoms with Gasteiger partial charge in [0.1, 0.15) is 5.75 Å². The highest BCUT2D eigenvalue weighted by molar-refractivity contribution is 7.09. The summed E-state index contributed by atoms with van der Waals surface area (Å²) in [5.74, 6) is 1.45. The summed E-state index contributed by atoms with van der Waals surface area (Å²) in [6.45, 7) is 1.57. The first kappa shape index (κ1) is 18.6. The lowest BCUT2D eigenvalue weighted by atomic mass is 9.97. The summed E-state index contributed by atoms with van der Waals surface area (Å²) in [5.41, 5.74) is 0.669. The van der Waals surface area contributed by atoms with E-state index in [1.165, 1.54) is 5.01 Å². The smallest absolute Gasteiger partial charge is 0.222 e. The molecule has 0 spiro atoms. The van der Waals surface area contributed by atoms with Gasteiger partial charge in [0, 0.05) is 49.0 Å². The van der Waals surface area contributed by atoms with Crippen molar-refractivity contribution in [2.24, 2.45) is 0 Å². The molecule has 1 aliphatic heterocycles. The summed E-state index contributed by atoms with van der Waals surface area (Å²) in [7, 11) is 1.60. The SMILES string of the molecule is COc1ccc(C(=O)CCCC(=O)N2CCC(c3nccs3)CC2)cc1. The van der Waals surface area contributed by atoms with Gasteiger partial charge < -0.3 is 9.64 Å². The molecule has 0 saturated carbocycles. The summed E-state index contributed by atoms with van der Waals surface area (Å²) in [5, 5.41) is 3.19. The molecule has 0 atom stereocenters. The van der Waals surface area contributed by atoms with E-state index < -0.39 is 0 Å². The number of hydrogen-bond donors (Lipinski definition) is 0. The van der Waals surface area contributed by atoms with Gasteiger partial charge in [-0.25, -0.2) is 4.98 Å². The molecule has 2 aromatic rings. The van der Waals surface area contributed by atoms with Gasteiger partial charge in [-0.2, -0.15) is 0 Å². The number of thiazole rings is 1. The summed E-state index contributed by atoms with van der Waals surface area (Å²) in [4.78, 5) is 30.9. The van der Waals surface area contributed by atoms with Gasteiger partial charge in [-0.1, -0.05) is 0 Å². The molecule has 1 aliphatic rings. The molecule has 1 fully saturated rings. The van der Waals surface area contributed by atoms with Crippen LogP contribution in [-0.4, -0.2) is 41.8 Å². The summed E-state index contributed by atoms with van der Waals surface area (Å²) in [6, 6.07) is 7.11. The van der Waals surface area contributed by atoms with Gasteiger partial charge in [0.2, 0.25) is 5.91 Å². The van der Waals surface area contributed by atoms with Crippen LogP contribution >= 0.6 is 11.3 Å². The predicted molar refractivity (Wildman–Crippen MR) is 102 cm³/mol. The van der Waals surface area contributed by atoms with Crippen molar-refractivity contribution in [2.45, 2.75) is 38.0 Å². The molecule has 5 nitrogen and oxygen atoms in total. The van der Waals surface area contributed by atoms with Crippen LogP contribution in [0.3, 0.4) is 0 Å². The second-order valence-corrected chi connectivity index (χ2v) is 7.46. The number of amides is 1. The van der Waals surface area contributed by atoms with Gasteiger partial charge in [0.05, 0.1) is 12.1 Å². The molecule has 0 unspecified atom stereocenters. The van der Waals surface area contributed by atoms with Crippen molar-refractivity contribution in [1.29, 1.82) is 0 Å². The van der Waals surface area contributed by atoms with Crippen molar-refractivity contribution < 1.29 is 14.3 Å². The minimum absolute atomic E-state index is 0.0722. The first-order valence-corrected chi connectivity index (χ1v) is 9.89. The zero-order valence-electron chi connectivity index (χ0n) is 15.0. The molecule has 6 heteroatoms. The number of carbonyl (C=O) groups is 2. The largest absolute Gasteiger partial charge is 0.497 e. The Labute approximate surface area is 158 Å². The van der Waals surface area contributed by atoms with Crippen LogP contribution in [0.5, 0.6) is 5.75 Å². The first-order valence-electron chi connectivity index (χ1n) is 9.02. The standard InChI is InChI=1S/C20H24N2O3S/c1-25-17-7-5-15(6-8-17)18(23)3-2-4-19(24)22-12-9-16(10-13-22)20-21-11-14-26-20/h5-8,11,14,16H,2-4,9-10,12-13H2,1H3. The van der Waals surface area contributed by atoms with Gasteiger partial charge in [0.15, 0.2) is 5.78 Å². The molecule has 138 valence electrons. The van der Waals surface area contributed by atoms with E-state index in [0.717, 1.165) is 31.7 Å². The third kappa shape index (κ3) is 4.69. The van der Waals surface area contributed by atoms with Crippen molar-refractivity contribution >= 4 is 23.0 Å². The monoisotopic (exact) mass is 372 g/mol. The molecular weight excluding hydrogens is 348 g/mol. The number of rotatable bonds is 7. The van der Waals surface area contributed by atoms with Crippen LogP contribution < -0.4 is 4.74 Å². The number of methoxy groups -OCH3 is 1. The van der Waals surface area contributed by atoms with Crippen LogP contribution in [0.2, 0.25) is 0 Å². The van der Waals surface area contributed by atoms with E-state index in [1.54, 1.807) is 42.7 Å². The van der Waals surface area contributed by atoms with Gasteiger partial charge in [-0.05, 0) is 43.5 Å². The predicted octanol–water partition coefficient (Wildman–Crippen LogP) is 3.91. The van der Waals surface area contributed by atoms with Gasteiger partial charge >= 0.3 is 0 Å². The van der Waals surface area contributed by atoms with Crippen molar-refractivity contribution in [3.8, 4) is 5.75 Å². The first-order chi connectivity index (χ1) is 12.7. The quantitative estimate of drug-likeness (QED) is 0.692. The molecule has 1 aromatic carbocycles. The second kappa shape index (κ2) is 8.94. The Kier molecular flexibility index (Phi) is 6.39. The molecular formula is C20H24N2O3S. The Bertz CT molecular complexity index is 720. The zero-order chi connectivity index (χ0) is 18.4. The molecule has 26 heavy (non-hydrogen) atoms. The molecule has 0 bridgehead atoms. The highest BCUT2D eigenvalue weighted by Gasteiger charge is 2.24. The van der Waals surface area contributed by atoms with Crippen LogP contribution in [0, 0.1) is 0 Å². The van der Waals surface area contributed by atoms with Crippen molar-refractivity contribution in [3.05, 3.63) is 46.4 Å². The number of benzene rings is 1. The average molecular weight is 372 g/mol. The Morgan fingerprint density at radius 2 is 1.92 bits per heavy atom. The lowest BCUT2D eigenvalue weighted by molar-refractivity contribution is -0.132. The highest BCUT2D eigenvalue weighted by Crippen LogP contribution is 2.29. The van der Waals surface area contributed by atoms with Crippen molar-refractivity contribution in [3.63, 3.8) is 0 Å². The van der Waals surface area contributed by atoms with Gasteiger partial charge in [0.25, 0.3) is 0 Å². The Morgan fingerprint density at radius 3 is 2.54 bits per heavy atom. The lowest BCUT2D eigenvalue weighted by Gasteiger charge is -2.31. The van der Waals surface area contributed by atoms with Crippen LogP contribution in [-0.2, 0) is 4.79 Å². The van der Waals surface area contributed by atoms with Crippen molar-refractivity contribution in [1.82, 2.24) is 9.88 Å². The topological polar surface area (TPSA) is 59.5 Å². The van der Waals surface area contributed by atoms with E-state index >= 15 is 0 Å². The maximum atomic E-state index is 12.4. The molecule has 0 radical (unpaired) electrons. The minimum Gasteiger partial charge on any atom is -0.497 e. The van der Waals surface area contributed by atoms with E-state index in [4.69, 9.17) is 4.74 Å². The molecule has 0 aliphatic carbocycles. The third-order valence-corrected chi connectivity index (χ3v) is 5.79. The normalized spacial score (nSPS) is 15.0. The van der Waals surface area contributed by atoms with Crippen LogP contribution in [0.15, 0.2) is 35.8 Å². The Balaban J connectivity index is 1.39. The fraction of sp³-hybridized carbons (Fsp3) is 0.450. The number of likely N-dealkylation sites (tertiary alicyclic amines) is 1. The number of piperidine rings is 1. The van der Waals surface area contributed by atoms with Gasteiger partial charge in [-0.3, -0.25) is 9.59 Å². The Morgan fingerprint density at radius 1 is 1.19 bits per heavy atom. The average Bonchev–Trinajstić information content (AvgIpc) is 3.23. The number of carbonyl (C=O) groups excluding carboxylic acids is 2. The number of ether oxygens (including phenoxy) is 1. The molecule has 3 rings (SSSR count). The van der Waals surface area contributed by atoms with E-state index in [9.17, 15) is 9.59 Å². The number of aromatic nitrogens is 1. The van der Waals surface area contributed by atoms with E-state index in [-0.39, 0.29) is 11.7 Å². The van der Waals surface area contributed by atoms with E-state index in [2.05, 4.69) is 4.98 Å². The fourth-order valence-electron chi connectivity index (χ4n) is 3.29. The highest BCUT2D eigenvalue weighted by atomic mass is 32.1. The number of Topliss-reactive ketones (excluding diaryl/α,β-unsaturated/α-hetero) is 1. The lowest BCUT2D eigenvalue weighted by Crippen LogP contribution is -2.37.